The van der Waals surface area contributed by atoms with Gasteiger partial charge in [-0.25, -0.2) is 0 Å². The van der Waals surface area contributed by atoms with Crippen molar-refractivity contribution in [3.63, 3.8) is 0 Å². The highest BCUT2D eigenvalue weighted by atomic mass is 14.9. The molecule has 1 rings (SSSR count). The number of hydrogen-bond donors (Lipinski definition) is 1. The molecule has 0 aromatic heterocycles. The quantitative estimate of drug-likeness (QED) is 0.696. The van der Waals surface area contributed by atoms with Crippen LogP contribution in [0.15, 0.2) is 30.9 Å². The van der Waals surface area contributed by atoms with Crippen LogP contribution in [-0.2, 0) is 0 Å². The molecule has 0 saturated carbocycles. The fraction of sp³-hybridized carbons (Fsp3) is 0.333. The van der Waals surface area contributed by atoms with Crippen molar-refractivity contribution in [1.82, 2.24) is 5.32 Å². The second kappa shape index (κ2) is 4.24. The highest BCUT2D eigenvalue weighted by molar-refractivity contribution is 5.34. The number of nitrogens with one attached hydrogen (secondary N) is 1. The molecule has 13 heavy (non-hydrogen) atoms. The van der Waals surface area contributed by atoms with Gasteiger partial charge in [0.25, 0.3) is 0 Å². The monoisotopic (exact) mass is 175 g/mol. The lowest BCUT2D eigenvalue weighted by Crippen LogP contribution is -2.14. The van der Waals surface area contributed by atoms with Crippen LogP contribution in [0.2, 0.25) is 0 Å². The number of benzene rings is 1. The lowest BCUT2D eigenvalue weighted by molar-refractivity contribution is 0.711. The first-order valence-electron chi connectivity index (χ1n) is 4.56. The van der Waals surface area contributed by atoms with E-state index in [1.54, 1.807) is 0 Å². The van der Waals surface area contributed by atoms with Crippen LogP contribution >= 0.6 is 0 Å². The molecular formula is C12H17N. The largest absolute Gasteiger partial charge is 0.310 e. The summed E-state index contributed by atoms with van der Waals surface area (Å²) in [6.45, 7) is 8.05. The van der Waals surface area contributed by atoms with E-state index in [-0.39, 0.29) is 6.04 Å². The first-order valence-corrected chi connectivity index (χ1v) is 4.56. The smallest absolute Gasteiger partial charge is 0.0503 e. The summed E-state index contributed by atoms with van der Waals surface area (Å²) in [4.78, 5) is 0. The third kappa shape index (κ3) is 2.19. The Hall–Kier alpha value is -1.08. The minimum Gasteiger partial charge on any atom is -0.310 e. The van der Waals surface area contributed by atoms with E-state index in [4.69, 9.17) is 0 Å². The maximum Gasteiger partial charge on any atom is 0.0503 e. The molecule has 1 aromatic carbocycles. The van der Waals surface area contributed by atoms with Crippen molar-refractivity contribution in [2.24, 2.45) is 0 Å². The molecule has 0 fully saturated rings. The van der Waals surface area contributed by atoms with E-state index in [2.05, 4.69) is 43.9 Å². The van der Waals surface area contributed by atoms with E-state index in [1.807, 2.05) is 13.1 Å². The average molecular weight is 175 g/mol. The standard InChI is InChI=1S/C12H17N/c1-5-12(13-4)11-7-6-9(2)8-10(11)3/h5-8,12-13H,1H2,2-4H3. The first kappa shape index (κ1) is 10.0. The molecule has 0 radical (unpaired) electrons. The van der Waals surface area contributed by atoms with Gasteiger partial charge in [0.05, 0.1) is 6.04 Å². The molecule has 0 saturated heterocycles. The van der Waals surface area contributed by atoms with E-state index >= 15 is 0 Å². The summed E-state index contributed by atoms with van der Waals surface area (Å²) >= 11 is 0. The first-order chi connectivity index (χ1) is 6.19. The molecule has 1 heteroatoms. The van der Waals surface area contributed by atoms with Crippen molar-refractivity contribution in [1.29, 1.82) is 0 Å². The third-order valence-corrected chi connectivity index (χ3v) is 2.31. The summed E-state index contributed by atoms with van der Waals surface area (Å²) < 4.78 is 0. The molecule has 0 bridgehead atoms. The molecule has 1 N–H and O–H groups in total. The van der Waals surface area contributed by atoms with Crippen molar-refractivity contribution in [3.05, 3.63) is 47.5 Å². The highest BCUT2D eigenvalue weighted by Gasteiger charge is 2.06. The topological polar surface area (TPSA) is 12.0 Å². The van der Waals surface area contributed by atoms with Crippen LogP contribution in [0.4, 0.5) is 0 Å². The van der Waals surface area contributed by atoms with E-state index < -0.39 is 0 Å². The summed E-state index contributed by atoms with van der Waals surface area (Å²) in [5.74, 6) is 0. The van der Waals surface area contributed by atoms with Gasteiger partial charge < -0.3 is 5.32 Å². The van der Waals surface area contributed by atoms with Crippen LogP contribution in [0.1, 0.15) is 22.7 Å². The van der Waals surface area contributed by atoms with E-state index in [1.165, 1.54) is 16.7 Å². The summed E-state index contributed by atoms with van der Waals surface area (Å²) in [6, 6.07) is 6.76. The Kier molecular flexibility index (Phi) is 3.26. The van der Waals surface area contributed by atoms with Gasteiger partial charge >= 0.3 is 0 Å². The summed E-state index contributed by atoms with van der Waals surface area (Å²) in [6.07, 6.45) is 1.93. The maximum atomic E-state index is 3.81. The van der Waals surface area contributed by atoms with Gasteiger partial charge in [-0.05, 0) is 32.0 Å². The van der Waals surface area contributed by atoms with E-state index in [0.29, 0.717) is 0 Å². The molecule has 0 aliphatic heterocycles. The molecule has 0 amide bonds. The molecule has 0 aliphatic rings. The Morgan fingerprint density at radius 1 is 1.38 bits per heavy atom. The second-order valence-corrected chi connectivity index (χ2v) is 3.36. The van der Waals surface area contributed by atoms with Crippen LogP contribution in [0.25, 0.3) is 0 Å². The second-order valence-electron chi connectivity index (χ2n) is 3.36. The Morgan fingerprint density at radius 2 is 2.08 bits per heavy atom. The normalized spacial score (nSPS) is 12.5. The number of hydrogen-bond acceptors (Lipinski definition) is 1. The lowest BCUT2D eigenvalue weighted by atomic mass is 9.99. The van der Waals surface area contributed by atoms with Gasteiger partial charge in [0.1, 0.15) is 0 Å². The Labute approximate surface area is 80.5 Å². The molecule has 0 heterocycles. The summed E-state index contributed by atoms with van der Waals surface area (Å²) in [5.41, 5.74) is 3.93. The lowest BCUT2D eigenvalue weighted by Gasteiger charge is -2.14. The minimum atomic E-state index is 0.264. The van der Waals surface area contributed by atoms with Gasteiger partial charge in [0.2, 0.25) is 0 Å². The molecule has 1 atom stereocenters. The van der Waals surface area contributed by atoms with Crippen molar-refractivity contribution in [3.8, 4) is 0 Å². The molecule has 1 nitrogen and oxygen atoms in total. The SMILES string of the molecule is C=CC(NC)c1ccc(C)cc1C. The van der Waals surface area contributed by atoms with E-state index in [9.17, 15) is 0 Å². The summed E-state index contributed by atoms with van der Waals surface area (Å²) in [7, 11) is 1.95. The predicted molar refractivity (Wildman–Crippen MR) is 57.9 cm³/mol. The molecular weight excluding hydrogens is 158 g/mol. The Bertz CT molecular complexity index is 302. The fourth-order valence-corrected chi connectivity index (χ4v) is 1.57. The van der Waals surface area contributed by atoms with Crippen molar-refractivity contribution in [2.75, 3.05) is 7.05 Å². The van der Waals surface area contributed by atoms with Crippen molar-refractivity contribution in [2.45, 2.75) is 19.9 Å². The van der Waals surface area contributed by atoms with Crippen LogP contribution in [0.3, 0.4) is 0 Å². The van der Waals surface area contributed by atoms with Gasteiger partial charge in [-0.2, -0.15) is 0 Å². The van der Waals surface area contributed by atoms with Gasteiger partial charge in [-0.15, -0.1) is 6.58 Å². The highest BCUT2D eigenvalue weighted by Crippen LogP contribution is 2.19. The molecule has 0 aliphatic carbocycles. The zero-order chi connectivity index (χ0) is 9.84. The van der Waals surface area contributed by atoms with E-state index in [0.717, 1.165) is 0 Å². The maximum absolute atomic E-state index is 3.81. The fourth-order valence-electron chi connectivity index (χ4n) is 1.57. The van der Waals surface area contributed by atoms with Gasteiger partial charge in [0.15, 0.2) is 0 Å². The van der Waals surface area contributed by atoms with Gasteiger partial charge in [-0.1, -0.05) is 29.8 Å². The van der Waals surface area contributed by atoms with Crippen LogP contribution < -0.4 is 5.32 Å². The van der Waals surface area contributed by atoms with Crippen molar-refractivity contribution >= 4 is 0 Å². The van der Waals surface area contributed by atoms with Gasteiger partial charge in [-0.3, -0.25) is 0 Å². The van der Waals surface area contributed by atoms with Gasteiger partial charge in [0, 0.05) is 0 Å². The zero-order valence-corrected chi connectivity index (χ0v) is 8.59. The molecule has 70 valence electrons. The zero-order valence-electron chi connectivity index (χ0n) is 8.59. The third-order valence-electron chi connectivity index (χ3n) is 2.31. The van der Waals surface area contributed by atoms with Crippen molar-refractivity contribution < 1.29 is 0 Å². The number of likely N-dealkylation sites (N-methyl/N-ethyl adjacent to an activating group) is 1. The Morgan fingerprint density at radius 3 is 2.54 bits per heavy atom. The average Bonchev–Trinajstić information content (AvgIpc) is 2.10. The van der Waals surface area contributed by atoms with Crippen LogP contribution in [0.5, 0.6) is 0 Å². The molecule has 0 spiro atoms. The predicted octanol–water partition coefficient (Wildman–Crippen LogP) is 2.75. The Balaban J connectivity index is 3.06. The van der Waals surface area contributed by atoms with Crippen LogP contribution in [-0.4, -0.2) is 7.05 Å². The van der Waals surface area contributed by atoms with Crippen LogP contribution in [0, 0.1) is 13.8 Å². The number of aryl methyl sites for hydroxylation is 2. The molecule has 1 aromatic rings. The number of rotatable bonds is 3. The molecule has 1 unspecified atom stereocenters. The minimum absolute atomic E-state index is 0.264. The summed E-state index contributed by atoms with van der Waals surface area (Å²) in [5, 5.41) is 3.21.